The highest BCUT2D eigenvalue weighted by Gasteiger charge is 2.16. The third-order valence-corrected chi connectivity index (χ3v) is 2.67. The fourth-order valence-corrected chi connectivity index (χ4v) is 1.99. The summed E-state index contributed by atoms with van der Waals surface area (Å²) >= 11 is 1.78. The van der Waals surface area contributed by atoms with Gasteiger partial charge in [0.25, 0.3) is 0 Å². The number of hydrogen-bond donors (Lipinski definition) is 1. The van der Waals surface area contributed by atoms with Crippen LogP contribution in [0.2, 0.25) is 0 Å². The zero-order valence-electron chi connectivity index (χ0n) is 9.36. The molecule has 84 valence electrons. The maximum Gasteiger partial charge on any atom is 0.237 e. The molecule has 1 rings (SSSR count). The Bertz CT molecular complexity index is 290. The maximum absolute atomic E-state index is 5.20. The van der Waals surface area contributed by atoms with Crippen LogP contribution in [-0.2, 0) is 0 Å². The fourth-order valence-electron chi connectivity index (χ4n) is 1.38. The van der Waals surface area contributed by atoms with E-state index in [0.29, 0.717) is 5.88 Å². The Morgan fingerprint density at radius 3 is 2.80 bits per heavy atom. The SMILES string of the molecule is CCNC(CSC)c1nccnc1OC. The molecule has 0 saturated carbocycles. The Morgan fingerprint density at radius 1 is 1.47 bits per heavy atom. The van der Waals surface area contributed by atoms with Gasteiger partial charge in [0, 0.05) is 18.1 Å². The van der Waals surface area contributed by atoms with Crippen molar-refractivity contribution < 1.29 is 4.74 Å². The van der Waals surface area contributed by atoms with Gasteiger partial charge < -0.3 is 10.1 Å². The lowest BCUT2D eigenvalue weighted by atomic mass is 10.2. The minimum absolute atomic E-state index is 0.202. The van der Waals surface area contributed by atoms with Gasteiger partial charge in [-0.25, -0.2) is 4.98 Å². The van der Waals surface area contributed by atoms with Crippen LogP contribution < -0.4 is 10.1 Å². The lowest BCUT2D eigenvalue weighted by Gasteiger charge is -2.17. The van der Waals surface area contributed by atoms with Crippen molar-refractivity contribution in [1.29, 1.82) is 0 Å². The first-order valence-electron chi connectivity index (χ1n) is 4.90. The molecule has 1 aromatic heterocycles. The van der Waals surface area contributed by atoms with E-state index in [9.17, 15) is 0 Å². The summed E-state index contributed by atoms with van der Waals surface area (Å²) in [5, 5.41) is 3.37. The van der Waals surface area contributed by atoms with E-state index < -0.39 is 0 Å². The smallest absolute Gasteiger partial charge is 0.237 e. The molecule has 1 unspecified atom stereocenters. The van der Waals surface area contributed by atoms with Gasteiger partial charge >= 0.3 is 0 Å². The molecule has 0 saturated heterocycles. The van der Waals surface area contributed by atoms with Crippen molar-refractivity contribution >= 4 is 11.8 Å². The molecule has 0 spiro atoms. The molecule has 0 radical (unpaired) electrons. The van der Waals surface area contributed by atoms with Crippen molar-refractivity contribution in [3.63, 3.8) is 0 Å². The average Bonchev–Trinajstić information content (AvgIpc) is 2.29. The summed E-state index contributed by atoms with van der Waals surface area (Å²) in [5.74, 6) is 1.57. The molecule has 5 heteroatoms. The lowest BCUT2D eigenvalue weighted by Crippen LogP contribution is -2.24. The topological polar surface area (TPSA) is 47.0 Å². The summed E-state index contributed by atoms with van der Waals surface area (Å²) in [5.41, 5.74) is 0.885. The number of nitrogens with zero attached hydrogens (tertiary/aromatic N) is 2. The number of ether oxygens (including phenoxy) is 1. The Hall–Kier alpha value is -0.810. The molecule has 0 aliphatic heterocycles. The van der Waals surface area contributed by atoms with E-state index in [2.05, 4.69) is 28.5 Å². The van der Waals surface area contributed by atoms with E-state index in [4.69, 9.17) is 4.74 Å². The second-order valence-corrected chi connectivity index (χ2v) is 3.93. The van der Waals surface area contributed by atoms with E-state index in [1.807, 2.05) is 0 Å². The summed E-state index contributed by atoms with van der Waals surface area (Å²) < 4.78 is 5.20. The van der Waals surface area contributed by atoms with Gasteiger partial charge in [-0.3, -0.25) is 4.98 Å². The van der Waals surface area contributed by atoms with Crippen molar-refractivity contribution in [1.82, 2.24) is 15.3 Å². The molecule has 0 aliphatic carbocycles. The molecule has 0 fully saturated rings. The first kappa shape index (κ1) is 12.3. The molecule has 1 N–H and O–H groups in total. The van der Waals surface area contributed by atoms with Crippen LogP contribution in [0.3, 0.4) is 0 Å². The fraction of sp³-hybridized carbons (Fsp3) is 0.600. The number of aromatic nitrogens is 2. The highest BCUT2D eigenvalue weighted by atomic mass is 32.2. The zero-order chi connectivity index (χ0) is 11.1. The van der Waals surface area contributed by atoms with Gasteiger partial charge in [0.1, 0.15) is 5.69 Å². The van der Waals surface area contributed by atoms with Crippen LogP contribution in [0.25, 0.3) is 0 Å². The molecule has 0 bridgehead atoms. The summed E-state index contributed by atoms with van der Waals surface area (Å²) in [6.07, 6.45) is 5.42. The predicted molar refractivity (Wildman–Crippen MR) is 63.4 cm³/mol. The van der Waals surface area contributed by atoms with Crippen LogP contribution in [0.15, 0.2) is 12.4 Å². The minimum atomic E-state index is 0.202. The first-order valence-corrected chi connectivity index (χ1v) is 6.30. The maximum atomic E-state index is 5.20. The van der Waals surface area contributed by atoms with Crippen molar-refractivity contribution in [3.05, 3.63) is 18.1 Å². The molecule has 0 aliphatic rings. The van der Waals surface area contributed by atoms with Crippen LogP contribution in [0.1, 0.15) is 18.7 Å². The standard InChI is InChI=1S/C10H17N3OS/c1-4-11-8(7-15-3)9-10(14-2)13-6-5-12-9/h5-6,8,11H,4,7H2,1-3H3. The van der Waals surface area contributed by atoms with E-state index in [-0.39, 0.29) is 6.04 Å². The Labute approximate surface area is 94.8 Å². The minimum Gasteiger partial charge on any atom is -0.480 e. The van der Waals surface area contributed by atoms with Gasteiger partial charge in [-0.15, -0.1) is 0 Å². The lowest BCUT2D eigenvalue weighted by molar-refractivity contribution is 0.381. The Kier molecular flexibility index (Phi) is 5.42. The van der Waals surface area contributed by atoms with Gasteiger partial charge in [0.15, 0.2) is 0 Å². The second kappa shape index (κ2) is 6.63. The third kappa shape index (κ3) is 3.35. The molecule has 15 heavy (non-hydrogen) atoms. The third-order valence-electron chi connectivity index (χ3n) is 2.00. The first-order chi connectivity index (χ1) is 7.33. The number of thioether (sulfide) groups is 1. The van der Waals surface area contributed by atoms with Crippen LogP contribution in [0.5, 0.6) is 5.88 Å². The Morgan fingerprint density at radius 2 is 2.20 bits per heavy atom. The monoisotopic (exact) mass is 227 g/mol. The van der Waals surface area contributed by atoms with E-state index in [1.165, 1.54) is 0 Å². The van der Waals surface area contributed by atoms with Gasteiger partial charge in [0.2, 0.25) is 5.88 Å². The number of rotatable bonds is 6. The van der Waals surface area contributed by atoms with Gasteiger partial charge in [-0.2, -0.15) is 11.8 Å². The largest absolute Gasteiger partial charge is 0.480 e. The van der Waals surface area contributed by atoms with Crippen molar-refractivity contribution in [3.8, 4) is 5.88 Å². The molecule has 4 nitrogen and oxygen atoms in total. The number of hydrogen-bond acceptors (Lipinski definition) is 5. The quantitative estimate of drug-likeness (QED) is 0.798. The van der Waals surface area contributed by atoms with Gasteiger partial charge in [-0.1, -0.05) is 6.92 Å². The van der Waals surface area contributed by atoms with Crippen LogP contribution >= 0.6 is 11.8 Å². The normalized spacial score (nSPS) is 12.5. The molecule has 0 aromatic carbocycles. The zero-order valence-corrected chi connectivity index (χ0v) is 10.2. The summed E-state index contributed by atoms with van der Waals surface area (Å²) in [7, 11) is 1.62. The summed E-state index contributed by atoms with van der Waals surface area (Å²) in [6.45, 7) is 2.99. The van der Waals surface area contributed by atoms with E-state index >= 15 is 0 Å². The summed E-state index contributed by atoms with van der Waals surface area (Å²) in [4.78, 5) is 8.47. The van der Waals surface area contributed by atoms with Gasteiger partial charge in [-0.05, 0) is 12.8 Å². The highest BCUT2D eigenvalue weighted by molar-refractivity contribution is 7.98. The van der Waals surface area contributed by atoms with Gasteiger partial charge in [0.05, 0.1) is 13.2 Å². The van der Waals surface area contributed by atoms with Crippen molar-refractivity contribution in [2.45, 2.75) is 13.0 Å². The number of methoxy groups -OCH3 is 1. The molecular weight excluding hydrogens is 210 g/mol. The highest BCUT2D eigenvalue weighted by Crippen LogP contribution is 2.22. The predicted octanol–water partition coefficient (Wildman–Crippen LogP) is 1.50. The summed E-state index contributed by atoms with van der Waals surface area (Å²) in [6, 6.07) is 0.202. The molecule has 1 atom stereocenters. The molecule has 0 amide bonds. The molecule has 1 heterocycles. The van der Waals surface area contributed by atoms with Crippen molar-refractivity contribution in [2.75, 3.05) is 25.7 Å². The Balaban J connectivity index is 2.88. The van der Waals surface area contributed by atoms with Crippen LogP contribution in [0.4, 0.5) is 0 Å². The van der Waals surface area contributed by atoms with E-state index in [1.54, 1.807) is 31.3 Å². The van der Waals surface area contributed by atoms with E-state index in [0.717, 1.165) is 18.0 Å². The van der Waals surface area contributed by atoms with Crippen LogP contribution in [0, 0.1) is 0 Å². The number of nitrogens with one attached hydrogen (secondary N) is 1. The second-order valence-electron chi connectivity index (χ2n) is 3.02. The van der Waals surface area contributed by atoms with Crippen molar-refractivity contribution in [2.24, 2.45) is 0 Å². The van der Waals surface area contributed by atoms with Crippen LogP contribution in [-0.4, -0.2) is 35.6 Å². The molecule has 1 aromatic rings. The average molecular weight is 227 g/mol. The molecular formula is C10H17N3OS.